The average Bonchev–Trinajstić information content (AvgIpc) is 1.90. The Morgan fingerprint density at radius 1 is 1.22 bits per heavy atom. The van der Waals surface area contributed by atoms with Gasteiger partial charge in [-0.05, 0) is 37.2 Å². The number of allylic oxidation sites excluding steroid dienone is 2. The number of hydrogen-bond donors (Lipinski definition) is 0. The number of fused-ring (bicyclic) bond motifs is 3. The van der Waals surface area contributed by atoms with E-state index in [0.29, 0.717) is 5.92 Å². The Labute approximate surface area is 54.8 Å². The minimum atomic E-state index is 0.220. The molecule has 0 spiro atoms. The van der Waals surface area contributed by atoms with Crippen molar-refractivity contribution >= 4 is 0 Å². The zero-order valence-corrected chi connectivity index (χ0v) is 5.49. The maximum atomic E-state index is 12.8. The van der Waals surface area contributed by atoms with Gasteiger partial charge in [-0.2, -0.15) is 0 Å². The summed E-state index contributed by atoms with van der Waals surface area (Å²) in [4.78, 5) is 0. The first-order valence-electron chi connectivity index (χ1n) is 3.72. The standard InChI is InChI=1S/C8H11F/c9-8-5-6-1-3-7(8)4-2-6/h6H,1-5H2. The lowest BCUT2D eigenvalue weighted by atomic mass is 9.77. The van der Waals surface area contributed by atoms with Gasteiger partial charge in [-0.25, -0.2) is 4.39 Å². The minimum Gasteiger partial charge on any atom is -0.212 e. The number of rotatable bonds is 0. The first-order chi connectivity index (χ1) is 4.36. The van der Waals surface area contributed by atoms with Crippen LogP contribution >= 0.6 is 0 Å². The molecule has 3 aliphatic carbocycles. The SMILES string of the molecule is FC1=C2CCC(CC2)C1. The van der Waals surface area contributed by atoms with E-state index in [4.69, 9.17) is 0 Å². The Morgan fingerprint density at radius 3 is 2.11 bits per heavy atom. The monoisotopic (exact) mass is 126 g/mol. The Bertz CT molecular complexity index is 148. The summed E-state index contributed by atoms with van der Waals surface area (Å²) in [6.07, 6.45) is 5.37. The second-order valence-corrected chi connectivity index (χ2v) is 3.16. The highest BCUT2D eigenvalue weighted by Gasteiger charge is 2.26. The normalized spacial score (nSPS) is 27.7. The quantitative estimate of drug-likeness (QED) is 0.468. The molecular weight excluding hydrogens is 115 g/mol. The van der Waals surface area contributed by atoms with Crippen LogP contribution in [-0.4, -0.2) is 0 Å². The van der Waals surface area contributed by atoms with Crippen molar-refractivity contribution in [1.29, 1.82) is 0 Å². The lowest BCUT2D eigenvalue weighted by molar-refractivity contribution is 0.326. The van der Waals surface area contributed by atoms with Crippen molar-refractivity contribution in [2.45, 2.75) is 32.1 Å². The average molecular weight is 126 g/mol. The van der Waals surface area contributed by atoms with E-state index in [1.807, 2.05) is 0 Å². The molecule has 0 aromatic heterocycles. The second kappa shape index (κ2) is 1.83. The smallest absolute Gasteiger partial charge is 0.0994 e. The molecule has 0 nitrogen and oxygen atoms in total. The molecule has 0 saturated heterocycles. The van der Waals surface area contributed by atoms with Gasteiger partial charge >= 0.3 is 0 Å². The summed E-state index contributed by atoms with van der Waals surface area (Å²) in [5.41, 5.74) is 1.12. The third kappa shape index (κ3) is 0.790. The fourth-order valence-corrected chi connectivity index (χ4v) is 1.90. The molecule has 1 heteroatoms. The molecule has 1 fully saturated rings. The van der Waals surface area contributed by atoms with Crippen LogP contribution in [0.3, 0.4) is 0 Å². The molecule has 2 bridgehead atoms. The molecule has 9 heavy (non-hydrogen) atoms. The van der Waals surface area contributed by atoms with Gasteiger partial charge in [-0.3, -0.25) is 0 Å². The topological polar surface area (TPSA) is 0 Å². The van der Waals surface area contributed by atoms with Crippen molar-refractivity contribution in [1.82, 2.24) is 0 Å². The highest BCUT2D eigenvalue weighted by atomic mass is 19.1. The second-order valence-electron chi connectivity index (χ2n) is 3.16. The van der Waals surface area contributed by atoms with E-state index in [1.165, 1.54) is 12.8 Å². The van der Waals surface area contributed by atoms with E-state index < -0.39 is 0 Å². The van der Waals surface area contributed by atoms with Crippen LogP contribution in [0.15, 0.2) is 11.4 Å². The van der Waals surface area contributed by atoms with E-state index in [-0.39, 0.29) is 5.83 Å². The molecule has 0 heterocycles. The molecular formula is C8H11F. The zero-order chi connectivity index (χ0) is 6.27. The van der Waals surface area contributed by atoms with Gasteiger partial charge in [0, 0.05) is 6.42 Å². The summed E-state index contributed by atoms with van der Waals surface area (Å²) in [6.45, 7) is 0. The van der Waals surface area contributed by atoms with Gasteiger partial charge in [0.25, 0.3) is 0 Å². The van der Waals surface area contributed by atoms with Crippen molar-refractivity contribution in [2.75, 3.05) is 0 Å². The Morgan fingerprint density at radius 2 is 1.89 bits per heavy atom. The molecule has 0 radical (unpaired) electrons. The van der Waals surface area contributed by atoms with Crippen LogP contribution in [0.1, 0.15) is 32.1 Å². The predicted molar refractivity (Wildman–Crippen MR) is 34.7 cm³/mol. The van der Waals surface area contributed by atoms with Crippen LogP contribution in [0.2, 0.25) is 0 Å². The van der Waals surface area contributed by atoms with Crippen molar-refractivity contribution < 1.29 is 4.39 Å². The van der Waals surface area contributed by atoms with E-state index in [0.717, 1.165) is 24.8 Å². The molecule has 3 rings (SSSR count). The fraction of sp³-hybridized carbons (Fsp3) is 0.750. The van der Waals surface area contributed by atoms with Crippen LogP contribution in [-0.2, 0) is 0 Å². The summed E-state index contributed by atoms with van der Waals surface area (Å²) >= 11 is 0. The van der Waals surface area contributed by atoms with Gasteiger partial charge in [0.15, 0.2) is 0 Å². The predicted octanol–water partition coefficient (Wildman–Crippen LogP) is 2.80. The molecule has 0 aromatic carbocycles. The van der Waals surface area contributed by atoms with E-state index in [1.54, 1.807) is 0 Å². The minimum absolute atomic E-state index is 0.220. The van der Waals surface area contributed by atoms with Gasteiger partial charge in [-0.15, -0.1) is 0 Å². The Kier molecular flexibility index (Phi) is 1.11. The van der Waals surface area contributed by atoms with Crippen LogP contribution < -0.4 is 0 Å². The summed E-state index contributed by atoms with van der Waals surface area (Å²) in [5.74, 6) is 0.917. The molecule has 0 amide bonds. The fourth-order valence-electron chi connectivity index (χ4n) is 1.90. The molecule has 0 atom stereocenters. The number of hydrogen-bond acceptors (Lipinski definition) is 0. The van der Waals surface area contributed by atoms with Gasteiger partial charge in [-0.1, -0.05) is 0 Å². The number of halogens is 1. The van der Waals surface area contributed by atoms with Gasteiger partial charge < -0.3 is 0 Å². The third-order valence-electron chi connectivity index (χ3n) is 2.56. The molecule has 0 N–H and O–H groups in total. The summed E-state index contributed by atoms with van der Waals surface area (Å²) in [6, 6.07) is 0. The zero-order valence-electron chi connectivity index (χ0n) is 5.49. The summed E-state index contributed by atoms with van der Waals surface area (Å²) in [5, 5.41) is 0. The maximum absolute atomic E-state index is 12.8. The molecule has 0 unspecified atom stereocenters. The Balaban J connectivity index is 2.29. The first-order valence-corrected chi connectivity index (χ1v) is 3.72. The molecule has 1 saturated carbocycles. The van der Waals surface area contributed by atoms with Crippen LogP contribution in [0.25, 0.3) is 0 Å². The third-order valence-corrected chi connectivity index (χ3v) is 2.56. The molecule has 0 aliphatic heterocycles. The van der Waals surface area contributed by atoms with Crippen LogP contribution in [0.5, 0.6) is 0 Å². The lowest BCUT2D eigenvalue weighted by Crippen LogP contribution is -2.15. The van der Waals surface area contributed by atoms with E-state index >= 15 is 0 Å². The van der Waals surface area contributed by atoms with Gasteiger partial charge in [0.1, 0.15) is 0 Å². The first kappa shape index (κ1) is 5.45. The van der Waals surface area contributed by atoms with Crippen molar-refractivity contribution in [3.63, 3.8) is 0 Å². The van der Waals surface area contributed by atoms with Crippen molar-refractivity contribution in [2.24, 2.45) is 5.92 Å². The highest BCUT2D eigenvalue weighted by Crippen LogP contribution is 2.41. The Hall–Kier alpha value is -0.330. The van der Waals surface area contributed by atoms with Crippen molar-refractivity contribution in [3.05, 3.63) is 11.4 Å². The highest BCUT2D eigenvalue weighted by molar-refractivity contribution is 5.16. The molecule has 0 aromatic rings. The lowest BCUT2D eigenvalue weighted by Gasteiger charge is -2.29. The van der Waals surface area contributed by atoms with Gasteiger partial charge in [0.05, 0.1) is 5.83 Å². The maximum Gasteiger partial charge on any atom is 0.0994 e. The van der Waals surface area contributed by atoms with Crippen LogP contribution in [0, 0.1) is 5.92 Å². The van der Waals surface area contributed by atoms with Gasteiger partial charge in [0.2, 0.25) is 0 Å². The molecule has 50 valence electrons. The summed E-state index contributed by atoms with van der Waals surface area (Å²) in [7, 11) is 0. The molecule has 3 aliphatic rings. The van der Waals surface area contributed by atoms with Crippen LogP contribution in [0.4, 0.5) is 4.39 Å². The summed E-state index contributed by atoms with van der Waals surface area (Å²) < 4.78 is 12.8. The van der Waals surface area contributed by atoms with E-state index in [2.05, 4.69) is 0 Å². The largest absolute Gasteiger partial charge is 0.212 e. The van der Waals surface area contributed by atoms with Crippen molar-refractivity contribution in [3.8, 4) is 0 Å². The van der Waals surface area contributed by atoms with E-state index in [9.17, 15) is 4.39 Å².